The van der Waals surface area contributed by atoms with Gasteiger partial charge in [0.05, 0.1) is 10.7 Å². The molecule has 3 rings (SSSR count). The van der Waals surface area contributed by atoms with Gasteiger partial charge in [0, 0.05) is 23.7 Å². The maximum absolute atomic E-state index is 14.5. The highest BCUT2D eigenvalue weighted by Crippen LogP contribution is 2.34. The molecular weight excluding hydrogens is 434 g/mol. The number of phenolic OH excluding ortho intramolecular Hbond substituents is 1. The number of phenols is 1. The maximum atomic E-state index is 14.5. The minimum atomic E-state index is -2.19. The lowest BCUT2D eigenvalue weighted by atomic mass is 9.94. The van der Waals surface area contributed by atoms with E-state index in [1.54, 1.807) is 13.0 Å². The van der Waals surface area contributed by atoms with Crippen molar-refractivity contribution in [3.05, 3.63) is 70.3 Å². The molecule has 2 aromatic rings. The smallest absolute Gasteiger partial charge is 0.251 e. The summed E-state index contributed by atoms with van der Waals surface area (Å²) in [6, 6.07) is 4.35. The van der Waals surface area contributed by atoms with E-state index in [1.807, 2.05) is 0 Å². The fourth-order valence-corrected chi connectivity index (χ4v) is 4.39. The Morgan fingerprint density at radius 1 is 1.23 bits per heavy atom. The van der Waals surface area contributed by atoms with Crippen molar-refractivity contribution in [2.45, 2.75) is 24.7 Å². The number of aromatic hydroxyl groups is 1. The predicted molar refractivity (Wildman–Crippen MR) is 114 cm³/mol. The number of rotatable bonds is 0. The average molecular weight is 453 g/mol. The SMILES string of the molecule is C=C1CCCNC(=O)c2cc(Cl)c(O)c(c2)S(=O)Nc2cc(c(F)cc2F)/C1=C/C. The Bertz CT molecular complexity index is 1100. The Labute approximate surface area is 180 Å². The van der Waals surface area contributed by atoms with Crippen LogP contribution in [0.2, 0.25) is 5.02 Å². The van der Waals surface area contributed by atoms with E-state index in [-0.39, 0.29) is 26.7 Å². The van der Waals surface area contributed by atoms with Crippen LogP contribution in [0.25, 0.3) is 5.57 Å². The molecule has 1 aliphatic rings. The molecule has 1 amide bonds. The van der Waals surface area contributed by atoms with Crippen LogP contribution in [-0.2, 0) is 11.0 Å². The van der Waals surface area contributed by atoms with E-state index >= 15 is 0 Å². The molecule has 1 unspecified atom stereocenters. The normalized spacial score (nSPS) is 18.9. The van der Waals surface area contributed by atoms with Gasteiger partial charge in [-0.1, -0.05) is 24.3 Å². The summed E-state index contributed by atoms with van der Waals surface area (Å²) in [7, 11) is -2.19. The minimum Gasteiger partial charge on any atom is -0.505 e. The molecule has 0 fully saturated rings. The largest absolute Gasteiger partial charge is 0.505 e. The second-order valence-electron chi connectivity index (χ2n) is 6.65. The van der Waals surface area contributed by atoms with E-state index < -0.39 is 34.3 Å². The van der Waals surface area contributed by atoms with Crippen LogP contribution in [0.5, 0.6) is 5.75 Å². The molecule has 2 aromatic carbocycles. The summed E-state index contributed by atoms with van der Waals surface area (Å²) in [5.74, 6) is -2.73. The molecule has 9 heteroatoms. The van der Waals surface area contributed by atoms with Crippen molar-refractivity contribution in [1.29, 1.82) is 0 Å². The van der Waals surface area contributed by atoms with Gasteiger partial charge < -0.3 is 10.4 Å². The van der Waals surface area contributed by atoms with Crippen LogP contribution in [0, 0.1) is 11.6 Å². The second-order valence-corrected chi connectivity index (χ2v) is 8.24. The number of hydrogen-bond acceptors (Lipinski definition) is 3. The minimum absolute atomic E-state index is 0.0889. The first kappa shape index (κ1) is 22.0. The molecule has 1 atom stereocenters. The van der Waals surface area contributed by atoms with Crippen molar-refractivity contribution < 1.29 is 22.9 Å². The van der Waals surface area contributed by atoms with Crippen LogP contribution < -0.4 is 10.0 Å². The molecule has 158 valence electrons. The lowest BCUT2D eigenvalue weighted by Gasteiger charge is -2.15. The van der Waals surface area contributed by atoms with E-state index in [1.165, 1.54) is 18.2 Å². The molecule has 0 aromatic heterocycles. The molecule has 0 saturated carbocycles. The van der Waals surface area contributed by atoms with Crippen LogP contribution >= 0.6 is 11.6 Å². The van der Waals surface area contributed by atoms with Crippen LogP contribution in [0.1, 0.15) is 35.7 Å². The first-order valence-corrected chi connectivity index (χ1v) is 10.6. The highest BCUT2D eigenvalue weighted by Gasteiger charge is 2.21. The van der Waals surface area contributed by atoms with Crippen molar-refractivity contribution in [1.82, 2.24) is 5.32 Å². The second kappa shape index (κ2) is 8.97. The number of carbonyl (C=O) groups excluding carboxylic acids is 1. The summed E-state index contributed by atoms with van der Waals surface area (Å²) >= 11 is 5.98. The molecule has 1 aliphatic heterocycles. The molecule has 0 radical (unpaired) electrons. The van der Waals surface area contributed by atoms with Crippen molar-refractivity contribution in [2.75, 3.05) is 11.3 Å². The Hall–Kier alpha value is -2.71. The lowest BCUT2D eigenvalue weighted by Crippen LogP contribution is -2.24. The number of allylic oxidation sites excluding steroid dienone is 3. The van der Waals surface area contributed by atoms with Crippen molar-refractivity contribution in [2.24, 2.45) is 0 Å². The van der Waals surface area contributed by atoms with Gasteiger partial charge in [-0.15, -0.1) is 0 Å². The van der Waals surface area contributed by atoms with Gasteiger partial charge in [0.25, 0.3) is 5.91 Å². The third-order valence-corrected chi connectivity index (χ3v) is 6.05. The predicted octanol–water partition coefficient (Wildman–Crippen LogP) is 4.94. The summed E-state index contributed by atoms with van der Waals surface area (Å²) in [6.45, 7) is 5.99. The Balaban J connectivity index is 2.16. The van der Waals surface area contributed by atoms with Crippen LogP contribution in [0.3, 0.4) is 0 Å². The summed E-state index contributed by atoms with van der Waals surface area (Å²) in [6.07, 6.45) is 2.65. The summed E-state index contributed by atoms with van der Waals surface area (Å²) < 4.78 is 44.1. The summed E-state index contributed by atoms with van der Waals surface area (Å²) in [4.78, 5) is 12.2. The lowest BCUT2D eigenvalue weighted by molar-refractivity contribution is 0.0953. The monoisotopic (exact) mass is 452 g/mol. The Morgan fingerprint density at radius 2 is 1.97 bits per heavy atom. The zero-order valence-corrected chi connectivity index (χ0v) is 17.6. The molecule has 1 heterocycles. The molecule has 30 heavy (non-hydrogen) atoms. The van der Waals surface area contributed by atoms with E-state index in [0.29, 0.717) is 36.6 Å². The van der Waals surface area contributed by atoms with Crippen LogP contribution in [0.15, 0.2) is 47.4 Å². The Morgan fingerprint density at radius 3 is 2.67 bits per heavy atom. The van der Waals surface area contributed by atoms with Crippen LogP contribution in [-0.4, -0.2) is 21.8 Å². The number of carbonyl (C=O) groups is 1. The topological polar surface area (TPSA) is 78.4 Å². The number of hydrogen-bond donors (Lipinski definition) is 3. The fraction of sp³-hybridized carbons (Fsp3) is 0.190. The summed E-state index contributed by atoms with van der Waals surface area (Å²) in [5.41, 5.74) is 1.04. The van der Waals surface area contributed by atoms with Gasteiger partial charge in [-0.2, -0.15) is 0 Å². The molecule has 5 nitrogen and oxygen atoms in total. The van der Waals surface area contributed by atoms with Crippen molar-refractivity contribution >= 4 is 39.8 Å². The van der Waals surface area contributed by atoms with Gasteiger partial charge in [-0.25, -0.2) is 13.0 Å². The molecule has 4 bridgehead atoms. The highest BCUT2D eigenvalue weighted by atomic mass is 35.5. The van der Waals surface area contributed by atoms with E-state index in [4.69, 9.17) is 11.6 Å². The van der Waals surface area contributed by atoms with Gasteiger partial charge in [-0.3, -0.25) is 9.52 Å². The average Bonchev–Trinajstić information content (AvgIpc) is 2.70. The number of fused-ring (bicyclic) bond motifs is 4. The van der Waals surface area contributed by atoms with Gasteiger partial charge in [0.2, 0.25) is 0 Å². The van der Waals surface area contributed by atoms with E-state index in [2.05, 4.69) is 16.6 Å². The molecule has 3 N–H and O–H groups in total. The summed E-state index contributed by atoms with van der Waals surface area (Å²) in [5, 5.41) is 12.7. The molecule has 0 saturated heterocycles. The quantitative estimate of drug-likeness (QED) is 0.529. The number of nitrogens with one attached hydrogen (secondary N) is 2. The number of halogens is 3. The first-order chi connectivity index (χ1) is 14.2. The standard InChI is InChI=1S/C21H19ClF2N2O3S/c1-3-13-11(2)5-4-6-25-21(28)12-7-15(22)20(27)19(8-12)30(29)26-18-9-14(13)16(23)10-17(18)24/h3,7-10,26-27H,2,4-6H2,1H3,(H,25,28)/b13-3+. The van der Waals surface area contributed by atoms with E-state index in [0.717, 1.165) is 0 Å². The van der Waals surface area contributed by atoms with Gasteiger partial charge in [0.1, 0.15) is 16.5 Å². The van der Waals surface area contributed by atoms with Crippen LogP contribution in [0.4, 0.5) is 14.5 Å². The number of amides is 1. The van der Waals surface area contributed by atoms with Crippen molar-refractivity contribution in [3.8, 4) is 5.75 Å². The third-order valence-electron chi connectivity index (χ3n) is 4.65. The Kier molecular flexibility index (Phi) is 6.58. The van der Waals surface area contributed by atoms with Gasteiger partial charge >= 0.3 is 0 Å². The molecule has 0 aliphatic carbocycles. The maximum Gasteiger partial charge on any atom is 0.251 e. The third kappa shape index (κ3) is 4.39. The number of anilines is 1. The highest BCUT2D eigenvalue weighted by molar-refractivity contribution is 7.86. The zero-order valence-electron chi connectivity index (χ0n) is 16.0. The number of benzene rings is 2. The fourth-order valence-electron chi connectivity index (χ4n) is 3.13. The van der Waals surface area contributed by atoms with Gasteiger partial charge in [0.15, 0.2) is 16.7 Å². The van der Waals surface area contributed by atoms with Gasteiger partial charge in [-0.05, 0) is 49.1 Å². The van der Waals surface area contributed by atoms with Crippen molar-refractivity contribution in [3.63, 3.8) is 0 Å². The zero-order chi connectivity index (χ0) is 22.0. The van der Waals surface area contributed by atoms with E-state index in [9.17, 15) is 22.9 Å². The first-order valence-electron chi connectivity index (χ1n) is 9.06. The molecular formula is C21H19ClF2N2O3S. The molecule has 0 spiro atoms.